The van der Waals surface area contributed by atoms with Gasteiger partial charge in [0.15, 0.2) is 4.34 Å². The Labute approximate surface area is 117 Å². The van der Waals surface area contributed by atoms with Gasteiger partial charge in [-0.2, -0.15) is 0 Å². The maximum absolute atomic E-state index is 10.9. The first-order valence-electron chi connectivity index (χ1n) is 5.20. The van der Waals surface area contributed by atoms with E-state index in [1.165, 1.54) is 24.9 Å². The molecule has 0 fully saturated rings. The van der Waals surface area contributed by atoms with Gasteiger partial charge in [0.2, 0.25) is 5.91 Å². The van der Waals surface area contributed by atoms with Gasteiger partial charge in [-0.05, 0) is 35.6 Å². The van der Waals surface area contributed by atoms with E-state index in [2.05, 4.69) is 10.3 Å². The summed E-state index contributed by atoms with van der Waals surface area (Å²) >= 11 is 2.38. The Kier molecular flexibility index (Phi) is 4.13. The van der Waals surface area contributed by atoms with Crippen LogP contribution in [0.2, 0.25) is 0 Å². The highest BCUT2D eigenvalue weighted by molar-refractivity contribution is 8.01. The largest absolute Gasteiger partial charge is 0.344 e. The van der Waals surface area contributed by atoms with Crippen molar-refractivity contribution >= 4 is 39.7 Å². The quantitative estimate of drug-likeness (QED) is 0.691. The highest BCUT2D eigenvalue weighted by Crippen LogP contribution is 2.34. The highest BCUT2D eigenvalue weighted by atomic mass is 32.2. The molecule has 98 valence electrons. The molecular formula is C11H9N3O3S2. The average molecular weight is 295 g/mol. The number of carbonyl (C=O) groups excluding carboxylic acids is 1. The number of hydrogen-bond acceptors (Lipinski definition) is 6. The van der Waals surface area contributed by atoms with Crippen LogP contribution >= 0.6 is 23.1 Å². The second kappa shape index (κ2) is 5.81. The molecule has 6 nitrogen and oxygen atoms in total. The molecule has 1 aromatic carbocycles. The first-order valence-corrected chi connectivity index (χ1v) is 6.83. The predicted molar refractivity (Wildman–Crippen MR) is 73.6 cm³/mol. The van der Waals surface area contributed by atoms with Crippen molar-refractivity contribution < 1.29 is 9.72 Å². The highest BCUT2D eigenvalue weighted by Gasteiger charge is 2.12. The van der Waals surface area contributed by atoms with Crippen LogP contribution in [0.25, 0.3) is 0 Å². The molecule has 0 saturated heterocycles. The van der Waals surface area contributed by atoms with Gasteiger partial charge in [-0.15, -0.1) is 0 Å². The zero-order valence-corrected chi connectivity index (χ0v) is 11.5. The SMILES string of the molecule is CC(=O)Nc1ccc(Sc2ncc([N+](=O)[O-])s2)cc1. The summed E-state index contributed by atoms with van der Waals surface area (Å²) in [6.07, 6.45) is 1.25. The van der Waals surface area contributed by atoms with E-state index in [-0.39, 0.29) is 10.9 Å². The zero-order chi connectivity index (χ0) is 13.8. The Morgan fingerprint density at radius 1 is 1.42 bits per heavy atom. The van der Waals surface area contributed by atoms with E-state index in [4.69, 9.17) is 0 Å². The molecule has 0 aliphatic rings. The monoisotopic (exact) mass is 295 g/mol. The fraction of sp³-hybridized carbons (Fsp3) is 0.0909. The second-order valence-corrected chi connectivity index (χ2v) is 5.86. The lowest BCUT2D eigenvalue weighted by Gasteiger charge is -2.02. The number of nitrogens with zero attached hydrogens (tertiary/aromatic N) is 2. The molecule has 1 aromatic heterocycles. The fourth-order valence-corrected chi connectivity index (χ4v) is 3.05. The van der Waals surface area contributed by atoms with Crippen molar-refractivity contribution in [3.8, 4) is 0 Å². The summed E-state index contributed by atoms with van der Waals surface area (Å²) in [5.74, 6) is -0.129. The van der Waals surface area contributed by atoms with Crippen molar-refractivity contribution in [2.24, 2.45) is 0 Å². The summed E-state index contributed by atoms with van der Waals surface area (Å²) < 4.78 is 0.610. The molecule has 1 amide bonds. The molecular weight excluding hydrogens is 286 g/mol. The molecule has 0 aliphatic heterocycles. The van der Waals surface area contributed by atoms with Gasteiger partial charge in [0.25, 0.3) is 0 Å². The van der Waals surface area contributed by atoms with E-state index in [1.807, 2.05) is 12.1 Å². The molecule has 0 aliphatic carbocycles. The van der Waals surface area contributed by atoms with E-state index < -0.39 is 4.92 Å². The van der Waals surface area contributed by atoms with Crippen molar-refractivity contribution in [1.29, 1.82) is 0 Å². The molecule has 2 aromatic rings. The third-order valence-electron chi connectivity index (χ3n) is 2.03. The minimum absolute atomic E-state index is 0.0253. The van der Waals surface area contributed by atoms with Gasteiger partial charge in [-0.1, -0.05) is 11.8 Å². The van der Waals surface area contributed by atoms with E-state index >= 15 is 0 Å². The Bertz CT molecular complexity index is 610. The van der Waals surface area contributed by atoms with Gasteiger partial charge in [0.05, 0.1) is 4.92 Å². The van der Waals surface area contributed by atoms with Gasteiger partial charge in [0, 0.05) is 17.5 Å². The van der Waals surface area contributed by atoms with E-state index in [1.54, 1.807) is 12.1 Å². The summed E-state index contributed by atoms with van der Waals surface area (Å²) in [5, 5.41) is 13.2. The Morgan fingerprint density at radius 2 is 2.11 bits per heavy atom. The van der Waals surface area contributed by atoms with E-state index in [0.717, 1.165) is 16.2 Å². The molecule has 19 heavy (non-hydrogen) atoms. The van der Waals surface area contributed by atoms with Crippen molar-refractivity contribution in [1.82, 2.24) is 4.98 Å². The summed E-state index contributed by atoms with van der Waals surface area (Å²) in [7, 11) is 0. The van der Waals surface area contributed by atoms with Crippen LogP contribution in [-0.2, 0) is 4.79 Å². The zero-order valence-electron chi connectivity index (χ0n) is 9.82. The molecule has 8 heteroatoms. The molecule has 0 saturated carbocycles. The summed E-state index contributed by atoms with van der Waals surface area (Å²) in [5.41, 5.74) is 0.710. The van der Waals surface area contributed by atoms with Gasteiger partial charge >= 0.3 is 5.00 Å². The number of anilines is 1. The summed E-state index contributed by atoms with van der Waals surface area (Å²) in [6, 6.07) is 7.18. The third-order valence-corrected chi connectivity index (χ3v) is 4.06. The van der Waals surface area contributed by atoms with Crippen LogP contribution in [-0.4, -0.2) is 15.8 Å². The lowest BCUT2D eigenvalue weighted by Crippen LogP contribution is -2.05. The Hall–Kier alpha value is -1.93. The molecule has 0 atom stereocenters. The van der Waals surface area contributed by atoms with Crippen molar-refractivity contribution in [3.05, 3.63) is 40.6 Å². The topological polar surface area (TPSA) is 85.1 Å². The lowest BCUT2D eigenvalue weighted by molar-refractivity contribution is -0.380. The smallest absolute Gasteiger partial charge is 0.326 e. The number of rotatable bonds is 4. The van der Waals surface area contributed by atoms with E-state index in [9.17, 15) is 14.9 Å². The van der Waals surface area contributed by atoms with Gasteiger partial charge in [-0.25, -0.2) is 4.98 Å². The maximum Gasteiger partial charge on any atom is 0.344 e. The molecule has 0 radical (unpaired) electrons. The normalized spacial score (nSPS) is 10.2. The van der Waals surface area contributed by atoms with Crippen molar-refractivity contribution in [2.45, 2.75) is 16.2 Å². The number of aromatic nitrogens is 1. The number of nitro groups is 1. The third kappa shape index (κ3) is 3.76. The standard InChI is InChI=1S/C11H9N3O3S2/c1-7(15)13-8-2-4-9(5-3-8)18-11-12-6-10(19-11)14(16)17/h2-6H,1H3,(H,13,15). The Morgan fingerprint density at radius 3 is 2.63 bits per heavy atom. The van der Waals surface area contributed by atoms with Crippen LogP contribution in [0.4, 0.5) is 10.7 Å². The lowest BCUT2D eigenvalue weighted by atomic mass is 10.3. The number of nitrogens with one attached hydrogen (secondary N) is 1. The maximum atomic E-state index is 10.9. The van der Waals surface area contributed by atoms with Gasteiger partial charge in [-0.3, -0.25) is 14.9 Å². The van der Waals surface area contributed by atoms with Gasteiger partial charge < -0.3 is 5.32 Å². The molecule has 1 N–H and O–H groups in total. The first-order chi connectivity index (χ1) is 9.04. The van der Waals surface area contributed by atoms with Gasteiger partial charge in [0.1, 0.15) is 6.20 Å². The number of carbonyl (C=O) groups is 1. The second-order valence-electron chi connectivity index (χ2n) is 3.53. The summed E-state index contributed by atoms with van der Waals surface area (Å²) in [4.78, 5) is 25.8. The molecule has 0 spiro atoms. The van der Waals surface area contributed by atoms with Crippen LogP contribution < -0.4 is 5.32 Å². The van der Waals surface area contributed by atoms with E-state index in [0.29, 0.717) is 10.0 Å². The van der Waals surface area contributed by atoms with Crippen LogP contribution in [0.1, 0.15) is 6.92 Å². The van der Waals surface area contributed by atoms with Crippen LogP contribution in [0, 0.1) is 10.1 Å². The minimum atomic E-state index is -0.457. The van der Waals surface area contributed by atoms with Crippen molar-refractivity contribution in [2.75, 3.05) is 5.32 Å². The fourth-order valence-electron chi connectivity index (χ4n) is 1.29. The Balaban J connectivity index is 2.06. The average Bonchev–Trinajstić information content (AvgIpc) is 2.80. The number of thiazole rings is 1. The van der Waals surface area contributed by atoms with Crippen LogP contribution in [0.15, 0.2) is 39.7 Å². The molecule has 1 heterocycles. The molecule has 0 bridgehead atoms. The first kappa shape index (κ1) is 13.5. The summed E-state index contributed by atoms with van der Waals surface area (Å²) in [6.45, 7) is 1.44. The number of benzene rings is 1. The van der Waals surface area contributed by atoms with Crippen LogP contribution in [0.3, 0.4) is 0 Å². The number of amides is 1. The van der Waals surface area contributed by atoms with Crippen molar-refractivity contribution in [3.63, 3.8) is 0 Å². The number of hydrogen-bond donors (Lipinski definition) is 1. The predicted octanol–water partition coefficient (Wildman–Crippen LogP) is 3.16. The molecule has 0 unspecified atom stereocenters. The van der Waals surface area contributed by atoms with Crippen LogP contribution in [0.5, 0.6) is 0 Å². The minimum Gasteiger partial charge on any atom is -0.326 e. The molecule has 2 rings (SSSR count).